The number of rotatable bonds is 6. The second kappa shape index (κ2) is 8.66. The van der Waals surface area contributed by atoms with Gasteiger partial charge in [0.05, 0.1) is 21.0 Å². The Bertz CT molecular complexity index is 1230. The predicted molar refractivity (Wildman–Crippen MR) is 118 cm³/mol. The van der Waals surface area contributed by atoms with Crippen molar-refractivity contribution in [2.24, 2.45) is 0 Å². The maximum Gasteiger partial charge on any atom is 0.273 e. The first-order chi connectivity index (χ1) is 14.5. The predicted octanol–water partition coefficient (Wildman–Crippen LogP) is 6.96. The van der Waals surface area contributed by atoms with Crippen LogP contribution in [0.1, 0.15) is 0 Å². The van der Waals surface area contributed by atoms with Gasteiger partial charge in [0.1, 0.15) is 16.5 Å². The number of aromatic nitrogens is 2. The van der Waals surface area contributed by atoms with E-state index in [2.05, 4.69) is 15.5 Å². The van der Waals surface area contributed by atoms with Gasteiger partial charge in [-0.25, -0.2) is 0 Å². The fourth-order valence-electron chi connectivity index (χ4n) is 2.58. The molecule has 0 atom stereocenters. The summed E-state index contributed by atoms with van der Waals surface area (Å²) in [4.78, 5) is 10.5. The quantitative estimate of drug-likeness (QED) is 0.248. The summed E-state index contributed by atoms with van der Waals surface area (Å²) in [6, 6.07) is 18.5. The van der Waals surface area contributed by atoms with E-state index in [0.29, 0.717) is 31.7 Å². The summed E-state index contributed by atoms with van der Waals surface area (Å²) in [5.41, 5.74) is 1.51. The molecule has 1 aromatic heterocycles. The zero-order valence-corrected chi connectivity index (χ0v) is 17.4. The Balaban J connectivity index is 1.52. The Hall–Kier alpha value is -3.20. The van der Waals surface area contributed by atoms with Crippen molar-refractivity contribution >= 4 is 51.0 Å². The van der Waals surface area contributed by atoms with Crippen molar-refractivity contribution in [3.05, 3.63) is 86.9 Å². The molecule has 0 aliphatic carbocycles. The van der Waals surface area contributed by atoms with Crippen molar-refractivity contribution in [2.75, 3.05) is 5.32 Å². The van der Waals surface area contributed by atoms with E-state index in [4.69, 9.17) is 27.9 Å². The molecule has 10 heteroatoms. The minimum atomic E-state index is -0.465. The van der Waals surface area contributed by atoms with Crippen LogP contribution in [0.2, 0.25) is 10.0 Å². The molecule has 4 aromatic rings. The number of nitro benzene ring substituents is 1. The highest BCUT2D eigenvalue weighted by Gasteiger charge is 2.11. The van der Waals surface area contributed by atoms with Crippen molar-refractivity contribution < 1.29 is 9.66 Å². The van der Waals surface area contributed by atoms with Gasteiger partial charge in [0, 0.05) is 17.3 Å². The van der Waals surface area contributed by atoms with Crippen molar-refractivity contribution in [2.45, 2.75) is 0 Å². The molecule has 0 aliphatic heterocycles. The number of ether oxygens (including phenoxy) is 1. The summed E-state index contributed by atoms with van der Waals surface area (Å²) in [5.74, 6) is 0.905. The lowest BCUT2D eigenvalue weighted by Crippen LogP contribution is -1.89. The first-order valence-corrected chi connectivity index (χ1v) is 10.1. The Labute approximate surface area is 185 Å². The SMILES string of the molecule is O=[N+]([O-])c1cccc(Oc2cccc(-c3nnc(Nc4ccc(Cl)c(Cl)c4)s3)c2)c1. The molecule has 4 rings (SSSR count). The van der Waals surface area contributed by atoms with E-state index in [1.54, 1.807) is 42.5 Å². The van der Waals surface area contributed by atoms with Crippen molar-refractivity contribution in [1.82, 2.24) is 10.2 Å². The Morgan fingerprint density at radius 1 is 0.933 bits per heavy atom. The lowest BCUT2D eigenvalue weighted by molar-refractivity contribution is -0.384. The van der Waals surface area contributed by atoms with E-state index in [0.717, 1.165) is 11.3 Å². The number of nitrogens with one attached hydrogen (secondary N) is 1. The van der Waals surface area contributed by atoms with Crippen LogP contribution in [0.25, 0.3) is 10.6 Å². The smallest absolute Gasteiger partial charge is 0.273 e. The molecular weight excluding hydrogens is 447 g/mol. The number of benzene rings is 3. The van der Waals surface area contributed by atoms with Crippen molar-refractivity contribution in [1.29, 1.82) is 0 Å². The average molecular weight is 459 g/mol. The van der Waals surface area contributed by atoms with Gasteiger partial charge in [0.25, 0.3) is 5.69 Å². The van der Waals surface area contributed by atoms with Crippen LogP contribution in [0.15, 0.2) is 66.7 Å². The zero-order chi connectivity index (χ0) is 21.1. The number of hydrogen-bond donors (Lipinski definition) is 1. The molecule has 1 heterocycles. The van der Waals surface area contributed by atoms with E-state index in [-0.39, 0.29) is 5.69 Å². The van der Waals surface area contributed by atoms with Crippen LogP contribution < -0.4 is 10.1 Å². The maximum atomic E-state index is 10.9. The van der Waals surface area contributed by atoms with Crippen molar-refractivity contribution in [3.63, 3.8) is 0 Å². The molecule has 150 valence electrons. The fraction of sp³-hybridized carbons (Fsp3) is 0. The van der Waals surface area contributed by atoms with Gasteiger partial charge in [0.2, 0.25) is 5.13 Å². The first-order valence-electron chi connectivity index (χ1n) is 8.56. The largest absolute Gasteiger partial charge is 0.457 e. The van der Waals surface area contributed by atoms with Crippen LogP contribution in [0.3, 0.4) is 0 Å². The summed E-state index contributed by atoms with van der Waals surface area (Å²) in [6.45, 7) is 0. The topological polar surface area (TPSA) is 90.2 Å². The van der Waals surface area contributed by atoms with Crippen LogP contribution in [-0.4, -0.2) is 15.1 Å². The maximum absolute atomic E-state index is 10.9. The van der Waals surface area contributed by atoms with Gasteiger partial charge in [0.15, 0.2) is 0 Å². The molecule has 0 aliphatic rings. The van der Waals surface area contributed by atoms with E-state index in [1.807, 2.05) is 12.1 Å². The number of non-ortho nitro benzene ring substituents is 1. The third kappa shape index (κ3) is 4.68. The Kier molecular flexibility index (Phi) is 5.80. The van der Waals surface area contributed by atoms with Gasteiger partial charge in [-0.2, -0.15) is 0 Å². The number of hydrogen-bond acceptors (Lipinski definition) is 7. The first kappa shape index (κ1) is 20.1. The summed E-state index contributed by atoms with van der Waals surface area (Å²) < 4.78 is 5.77. The van der Waals surface area contributed by atoms with Gasteiger partial charge < -0.3 is 10.1 Å². The highest BCUT2D eigenvalue weighted by Crippen LogP contribution is 2.33. The van der Waals surface area contributed by atoms with Crippen molar-refractivity contribution in [3.8, 4) is 22.1 Å². The molecule has 0 bridgehead atoms. The molecule has 0 unspecified atom stereocenters. The highest BCUT2D eigenvalue weighted by atomic mass is 35.5. The minimum Gasteiger partial charge on any atom is -0.457 e. The normalized spacial score (nSPS) is 10.6. The molecule has 0 amide bonds. The molecule has 30 heavy (non-hydrogen) atoms. The minimum absolute atomic E-state index is 0.0363. The van der Waals surface area contributed by atoms with Crippen LogP contribution in [0.5, 0.6) is 11.5 Å². The summed E-state index contributed by atoms with van der Waals surface area (Å²) in [6.07, 6.45) is 0. The number of nitrogens with zero attached hydrogens (tertiary/aromatic N) is 3. The van der Waals surface area contributed by atoms with Crippen LogP contribution in [0.4, 0.5) is 16.5 Å². The second-order valence-electron chi connectivity index (χ2n) is 6.05. The third-order valence-electron chi connectivity index (χ3n) is 3.94. The molecule has 7 nitrogen and oxygen atoms in total. The lowest BCUT2D eigenvalue weighted by atomic mass is 10.2. The van der Waals surface area contributed by atoms with Gasteiger partial charge in [-0.05, 0) is 36.4 Å². The number of anilines is 2. The fourth-order valence-corrected chi connectivity index (χ4v) is 3.64. The molecular formula is C20H12Cl2N4O3S. The van der Waals surface area contributed by atoms with Gasteiger partial charge >= 0.3 is 0 Å². The summed E-state index contributed by atoms with van der Waals surface area (Å²) in [7, 11) is 0. The monoisotopic (exact) mass is 458 g/mol. The molecule has 1 N–H and O–H groups in total. The van der Waals surface area contributed by atoms with Gasteiger partial charge in [-0.1, -0.05) is 52.7 Å². The zero-order valence-electron chi connectivity index (χ0n) is 15.1. The highest BCUT2D eigenvalue weighted by molar-refractivity contribution is 7.18. The van der Waals surface area contributed by atoms with Crippen LogP contribution >= 0.6 is 34.5 Å². The van der Waals surface area contributed by atoms with Crippen LogP contribution in [0, 0.1) is 10.1 Å². The number of halogens is 2. The number of nitro groups is 1. The summed E-state index contributed by atoms with van der Waals surface area (Å²) in [5, 5.41) is 24.6. The molecule has 0 spiro atoms. The van der Waals surface area contributed by atoms with E-state index in [1.165, 1.54) is 23.5 Å². The third-order valence-corrected chi connectivity index (χ3v) is 5.57. The lowest BCUT2D eigenvalue weighted by Gasteiger charge is -2.06. The molecule has 3 aromatic carbocycles. The second-order valence-corrected chi connectivity index (χ2v) is 7.84. The van der Waals surface area contributed by atoms with E-state index in [9.17, 15) is 10.1 Å². The Morgan fingerprint density at radius 3 is 2.47 bits per heavy atom. The Morgan fingerprint density at radius 2 is 1.70 bits per heavy atom. The molecule has 0 fully saturated rings. The van der Waals surface area contributed by atoms with E-state index < -0.39 is 4.92 Å². The molecule has 0 radical (unpaired) electrons. The standard InChI is InChI=1S/C20H12Cl2N4O3S/c21-17-8-7-13(10-18(17)22)23-20-25-24-19(30-20)12-3-1-5-15(9-12)29-16-6-2-4-14(11-16)26(27)28/h1-11H,(H,23,25). The molecule has 0 saturated heterocycles. The van der Waals surface area contributed by atoms with E-state index >= 15 is 0 Å². The van der Waals surface area contributed by atoms with Gasteiger partial charge in [-0.3, -0.25) is 10.1 Å². The van der Waals surface area contributed by atoms with Crippen LogP contribution in [-0.2, 0) is 0 Å². The summed E-state index contributed by atoms with van der Waals surface area (Å²) >= 11 is 13.3. The molecule has 0 saturated carbocycles. The average Bonchev–Trinajstić information content (AvgIpc) is 3.20. The van der Waals surface area contributed by atoms with Gasteiger partial charge in [-0.15, -0.1) is 10.2 Å².